The van der Waals surface area contributed by atoms with E-state index in [-0.39, 0.29) is 0 Å². The Morgan fingerprint density at radius 3 is 2.79 bits per heavy atom. The lowest BCUT2D eigenvalue weighted by atomic mass is 10.3. The van der Waals surface area contributed by atoms with Gasteiger partial charge in [0.1, 0.15) is 17.7 Å². The quantitative estimate of drug-likeness (QED) is 0.777. The van der Waals surface area contributed by atoms with Crippen molar-refractivity contribution in [2.24, 2.45) is 0 Å². The first-order chi connectivity index (χ1) is 9.19. The Kier molecular flexibility index (Phi) is 2.71. The summed E-state index contributed by atoms with van der Waals surface area (Å²) in [5.41, 5.74) is 2.95. The van der Waals surface area contributed by atoms with Gasteiger partial charge in [0, 0.05) is 25.0 Å². The molecule has 1 aliphatic heterocycles. The highest BCUT2D eigenvalue weighted by Gasteiger charge is 2.20. The lowest BCUT2D eigenvalue weighted by molar-refractivity contribution is 0.547. The molecule has 0 aliphatic carbocycles. The third kappa shape index (κ3) is 1.95. The SMILES string of the molecule is Cc1nc2n(c1C)CCN(c1ccc(C#N)cn1)C2. The average Bonchev–Trinajstić information content (AvgIpc) is 2.74. The molecule has 0 saturated carbocycles. The number of aromatic nitrogens is 3. The van der Waals surface area contributed by atoms with Crippen LogP contribution < -0.4 is 4.90 Å². The van der Waals surface area contributed by atoms with E-state index < -0.39 is 0 Å². The molecule has 3 heterocycles. The van der Waals surface area contributed by atoms with Crippen LogP contribution in [0.25, 0.3) is 0 Å². The predicted octanol–water partition coefficient (Wildman–Crippen LogP) is 1.79. The average molecular weight is 253 g/mol. The van der Waals surface area contributed by atoms with Gasteiger partial charge >= 0.3 is 0 Å². The highest BCUT2D eigenvalue weighted by Crippen LogP contribution is 2.21. The highest BCUT2D eigenvalue weighted by molar-refractivity contribution is 5.42. The van der Waals surface area contributed by atoms with Gasteiger partial charge in [0.15, 0.2) is 0 Å². The molecule has 0 unspecified atom stereocenters. The zero-order chi connectivity index (χ0) is 13.4. The number of hydrogen-bond acceptors (Lipinski definition) is 4. The summed E-state index contributed by atoms with van der Waals surface area (Å²) in [6, 6.07) is 5.79. The molecule has 19 heavy (non-hydrogen) atoms. The Morgan fingerprint density at radius 2 is 2.11 bits per heavy atom. The van der Waals surface area contributed by atoms with Gasteiger partial charge in [-0.3, -0.25) is 0 Å². The van der Waals surface area contributed by atoms with Gasteiger partial charge in [0.2, 0.25) is 0 Å². The second-order valence-corrected chi connectivity index (χ2v) is 4.79. The normalized spacial score (nSPS) is 14.1. The van der Waals surface area contributed by atoms with Crippen molar-refractivity contribution >= 4 is 5.82 Å². The molecular formula is C14H15N5. The molecule has 0 bridgehead atoms. The maximum Gasteiger partial charge on any atom is 0.129 e. The number of aryl methyl sites for hydroxylation is 1. The van der Waals surface area contributed by atoms with Crippen LogP contribution in [0.15, 0.2) is 18.3 Å². The molecule has 0 aromatic carbocycles. The van der Waals surface area contributed by atoms with Crippen molar-refractivity contribution < 1.29 is 0 Å². The molecule has 96 valence electrons. The number of hydrogen-bond donors (Lipinski definition) is 0. The fraction of sp³-hybridized carbons (Fsp3) is 0.357. The second kappa shape index (κ2) is 4.39. The summed E-state index contributed by atoms with van der Waals surface area (Å²) in [6.45, 7) is 6.78. The van der Waals surface area contributed by atoms with E-state index in [1.807, 2.05) is 13.0 Å². The van der Waals surface area contributed by atoms with Crippen LogP contribution in [0, 0.1) is 25.2 Å². The molecule has 2 aromatic rings. The first kappa shape index (κ1) is 11.7. The molecule has 3 rings (SSSR count). The molecule has 0 saturated heterocycles. The largest absolute Gasteiger partial charge is 0.347 e. The number of imidazole rings is 1. The van der Waals surface area contributed by atoms with Crippen molar-refractivity contribution in [2.75, 3.05) is 11.4 Å². The zero-order valence-corrected chi connectivity index (χ0v) is 11.1. The summed E-state index contributed by atoms with van der Waals surface area (Å²) in [6.07, 6.45) is 1.62. The second-order valence-electron chi connectivity index (χ2n) is 4.79. The fourth-order valence-electron chi connectivity index (χ4n) is 2.45. The van der Waals surface area contributed by atoms with Crippen LogP contribution in [-0.4, -0.2) is 21.1 Å². The van der Waals surface area contributed by atoms with Crippen LogP contribution in [0.4, 0.5) is 5.82 Å². The molecule has 0 radical (unpaired) electrons. The van der Waals surface area contributed by atoms with Crippen LogP contribution in [0.1, 0.15) is 22.8 Å². The van der Waals surface area contributed by atoms with E-state index in [2.05, 4.69) is 32.4 Å². The minimum atomic E-state index is 0.592. The van der Waals surface area contributed by atoms with E-state index >= 15 is 0 Å². The standard InChI is InChI=1S/C14H15N5/c1-10-11(2)19-6-5-18(9-14(19)17-10)13-4-3-12(7-15)8-16-13/h3-4,8H,5-6,9H2,1-2H3. The molecule has 0 N–H and O–H groups in total. The lowest BCUT2D eigenvalue weighted by Gasteiger charge is -2.29. The fourth-order valence-corrected chi connectivity index (χ4v) is 2.45. The van der Waals surface area contributed by atoms with E-state index in [0.717, 1.165) is 37.0 Å². The van der Waals surface area contributed by atoms with Gasteiger partial charge in [-0.25, -0.2) is 9.97 Å². The van der Waals surface area contributed by atoms with Crippen LogP contribution >= 0.6 is 0 Å². The number of pyridine rings is 1. The summed E-state index contributed by atoms with van der Waals surface area (Å²) in [5, 5.41) is 8.79. The lowest BCUT2D eigenvalue weighted by Crippen LogP contribution is -2.34. The van der Waals surface area contributed by atoms with E-state index in [9.17, 15) is 0 Å². The maximum atomic E-state index is 8.79. The monoisotopic (exact) mass is 253 g/mol. The third-order valence-electron chi connectivity index (χ3n) is 3.66. The zero-order valence-electron chi connectivity index (χ0n) is 11.1. The minimum absolute atomic E-state index is 0.592. The summed E-state index contributed by atoms with van der Waals surface area (Å²) in [7, 11) is 0. The molecule has 0 atom stereocenters. The van der Waals surface area contributed by atoms with Crippen LogP contribution in [0.2, 0.25) is 0 Å². The van der Waals surface area contributed by atoms with Crippen molar-refractivity contribution in [1.29, 1.82) is 5.26 Å². The molecule has 2 aromatic heterocycles. The summed E-state index contributed by atoms with van der Waals surface area (Å²) in [4.78, 5) is 11.1. The Bertz CT molecular complexity index is 648. The summed E-state index contributed by atoms with van der Waals surface area (Å²) in [5.74, 6) is 2.00. The Morgan fingerprint density at radius 1 is 1.26 bits per heavy atom. The first-order valence-corrected chi connectivity index (χ1v) is 6.33. The Balaban J connectivity index is 1.87. The van der Waals surface area contributed by atoms with Gasteiger partial charge in [-0.15, -0.1) is 0 Å². The van der Waals surface area contributed by atoms with Gasteiger partial charge in [-0.1, -0.05) is 0 Å². The topological polar surface area (TPSA) is 57.7 Å². The number of anilines is 1. The van der Waals surface area contributed by atoms with Gasteiger partial charge < -0.3 is 9.47 Å². The van der Waals surface area contributed by atoms with Gasteiger partial charge in [0.25, 0.3) is 0 Å². The molecular weight excluding hydrogens is 238 g/mol. The van der Waals surface area contributed by atoms with Gasteiger partial charge in [0.05, 0.1) is 17.8 Å². The smallest absolute Gasteiger partial charge is 0.129 e. The molecule has 0 amide bonds. The third-order valence-corrected chi connectivity index (χ3v) is 3.66. The van der Waals surface area contributed by atoms with Crippen molar-refractivity contribution in [3.05, 3.63) is 41.1 Å². The minimum Gasteiger partial charge on any atom is -0.347 e. The van der Waals surface area contributed by atoms with Crippen LogP contribution in [0.3, 0.4) is 0 Å². The van der Waals surface area contributed by atoms with Crippen molar-refractivity contribution in [3.63, 3.8) is 0 Å². The van der Waals surface area contributed by atoms with E-state index in [0.29, 0.717) is 5.56 Å². The number of rotatable bonds is 1. The van der Waals surface area contributed by atoms with Crippen LogP contribution in [0.5, 0.6) is 0 Å². The predicted molar refractivity (Wildman–Crippen MR) is 71.7 cm³/mol. The maximum absolute atomic E-state index is 8.79. The van der Waals surface area contributed by atoms with Crippen molar-refractivity contribution in [1.82, 2.24) is 14.5 Å². The molecule has 1 aliphatic rings. The van der Waals surface area contributed by atoms with E-state index in [4.69, 9.17) is 5.26 Å². The Hall–Kier alpha value is -2.35. The molecule has 0 fully saturated rings. The summed E-state index contributed by atoms with van der Waals surface area (Å²) < 4.78 is 2.27. The van der Waals surface area contributed by atoms with E-state index in [1.54, 1.807) is 12.3 Å². The summed E-state index contributed by atoms with van der Waals surface area (Å²) >= 11 is 0. The molecule has 5 nitrogen and oxygen atoms in total. The first-order valence-electron chi connectivity index (χ1n) is 6.33. The van der Waals surface area contributed by atoms with Crippen LogP contribution in [-0.2, 0) is 13.1 Å². The van der Waals surface area contributed by atoms with Gasteiger partial charge in [-0.2, -0.15) is 5.26 Å². The Labute approximate surface area is 112 Å². The van der Waals surface area contributed by atoms with Gasteiger partial charge in [-0.05, 0) is 26.0 Å². The number of nitrogens with zero attached hydrogens (tertiary/aromatic N) is 5. The molecule has 5 heteroatoms. The van der Waals surface area contributed by atoms with E-state index in [1.165, 1.54) is 5.69 Å². The van der Waals surface area contributed by atoms with Crippen molar-refractivity contribution in [3.8, 4) is 6.07 Å². The number of fused-ring (bicyclic) bond motifs is 1. The molecule has 0 spiro atoms. The van der Waals surface area contributed by atoms with Crippen molar-refractivity contribution in [2.45, 2.75) is 26.9 Å². The highest BCUT2D eigenvalue weighted by atomic mass is 15.3. The number of nitriles is 1.